The predicted octanol–water partition coefficient (Wildman–Crippen LogP) is 5.00. The average molecular weight is 365 g/mol. The molecule has 0 radical (unpaired) electrons. The van der Waals surface area contributed by atoms with E-state index in [9.17, 15) is 4.79 Å². The molecule has 1 aliphatic rings. The Balaban J connectivity index is 2.04. The van der Waals surface area contributed by atoms with E-state index >= 15 is 0 Å². The summed E-state index contributed by atoms with van der Waals surface area (Å²) in [5.41, 5.74) is 4.06. The lowest BCUT2D eigenvalue weighted by molar-refractivity contribution is 0.0985. The van der Waals surface area contributed by atoms with Crippen LogP contribution in [0, 0.1) is 6.92 Å². The first-order chi connectivity index (χ1) is 10.1. The number of nitrogens with zero attached hydrogens (tertiary/aromatic N) is 1. The second-order valence-electron chi connectivity index (χ2n) is 5.30. The van der Waals surface area contributed by atoms with Gasteiger partial charge in [0.2, 0.25) is 0 Å². The fourth-order valence-corrected chi connectivity index (χ4v) is 3.74. The summed E-state index contributed by atoms with van der Waals surface area (Å²) in [6.07, 6.45) is 2.02. The first-order valence-electron chi connectivity index (χ1n) is 6.93. The minimum atomic E-state index is 0.00782. The van der Waals surface area contributed by atoms with Crippen LogP contribution in [0.15, 0.2) is 40.9 Å². The molecule has 21 heavy (non-hydrogen) atoms. The SMILES string of the molecule is Cc1cccc2c1N(C(=O)c1cc(Cl)cc(Br)c1)CCC2. The highest BCUT2D eigenvalue weighted by Gasteiger charge is 2.25. The molecule has 0 bridgehead atoms. The summed E-state index contributed by atoms with van der Waals surface area (Å²) in [5.74, 6) is 0.00782. The van der Waals surface area contributed by atoms with Crippen molar-refractivity contribution >= 4 is 39.1 Å². The smallest absolute Gasteiger partial charge is 0.258 e. The molecule has 0 aliphatic carbocycles. The third-order valence-corrected chi connectivity index (χ3v) is 4.45. The van der Waals surface area contributed by atoms with Crippen LogP contribution in [0.5, 0.6) is 0 Å². The molecule has 1 aliphatic heterocycles. The molecule has 2 aromatic carbocycles. The fourth-order valence-electron chi connectivity index (χ4n) is 2.88. The van der Waals surface area contributed by atoms with Crippen molar-refractivity contribution in [2.75, 3.05) is 11.4 Å². The van der Waals surface area contributed by atoms with Crippen molar-refractivity contribution in [2.45, 2.75) is 19.8 Å². The van der Waals surface area contributed by atoms with Crippen LogP contribution in [0.1, 0.15) is 27.9 Å². The summed E-state index contributed by atoms with van der Waals surface area (Å²) in [7, 11) is 0. The number of hydrogen-bond donors (Lipinski definition) is 0. The molecule has 0 N–H and O–H groups in total. The van der Waals surface area contributed by atoms with Gasteiger partial charge in [-0.1, -0.05) is 45.7 Å². The first kappa shape index (κ1) is 14.6. The van der Waals surface area contributed by atoms with Crippen molar-refractivity contribution in [3.05, 3.63) is 62.6 Å². The van der Waals surface area contributed by atoms with Gasteiger partial charge in [-0.2, -0.15) is 0 Å². The molecule has 1 amide bonds. The van der Waals surface area contributed by atoms with E-state index in [4.69, 9.17) is 11.6 Å². The molecular formula is C17H15BrClNO. The molecule has 2 aromatic rings. The third kappa shape index (κ3) is 2.85. The Hall–Kier alpha value is -1.32. The molecule has 0 unspecified atom stereocenters. The lowest BCUT2D eigenvalue weighted by Crippen LogP contribution is -2.36. The Morgan fingerprint density at radius 2 is 2.10 bits per heavy atom. The lowest BCUT2D eigenvalue weighted by atomic mass is 9.97. The number of carbonyl (C=O) groups excluding carboxylic acids is 1. The van der Waals surface area contributed by atoms with Crippen molar-refractivity contribution in [3.8, 4) is 0 Å². The molecular weight excluding hydrogens is 350 g/mol. The topological polar surface area (TPSA) is 20.3 Å². The Labute approximate surface area is 137 Å². The quantitative estimate of drug-likeness (QED) is 0.697. The molecule has 1 heterocycles. The average Bonchev–Trinajstić information content (AvgIpc) is 2.45. The van der Waals surface area contributed by atoms with Gasteiger partial charge < -0.3 is 4.90 Å². The molecule has 2 nitrogen and oxygen atoms in total. The van der Waals surface area contributed by atoms with Gasteiger partial charge >= 0.3 is 0 Å². The normalized spacial score (nSPS) is 14.0. The van der Waals surface area contributed by atoms with Gasteiger partial charge in [-0.05, 0) is 49.1 Å². The molecule has 0 atom stereocenters. The highest BCUT2D eigenvalue weighted by Crippen LogP contribution is 2.32. The highest BCUT2D eigenvalue weighted by molar-refractivity contribution is 9.10. The van der Waals surface area contributed by atoms with E-state index in [0.717, 1.165) is 35.1 Å². The fraction of sp³-hybridized carbons (Fsp3) is 0.235. The Kier molecular flexibility index (Phi) is 4.05. The molecule has 3 rings (SSSR count). The summed E-state index contributed by atoms with van der Waals surface area (Å²) in [5, 5.41) is 0.565. The molecule has 0 spiro atoms. The van der Waals surface area contributed by atoms with Crippen LogP contribution in [0.25, 0.3) is 0 Å². The van der Waals surface area contributed by atoms with Crippen molar-refractivity contribution in [2.24, 2.45) is 0 Å². The second-order valence-corrected chi connectivity index (χ2v) is 6.65. The number of para-hydroxylation sites is 1. The third-order valence-electron chi connectivity index (χ3n) is 3.77. The van der Waals surface area contributed by atoms with Crippen molar-refractivity contribution in [1.29, 1.82) is 0 Å². The van der Waals surface area contributed by atoms with Gasteiger partial charge in [0, 0.05) is 21.6 Å². The maximum atomic E-state index is 12.9. The standard InChI is InChI=1S/C17H15BrClNO/c1-11-4-2-5-12-6-3-7-20(16(11)12)17(21)13-8-14(18)10-15(19)9-13/h2,4-5,8-10H,3,6-7H2,1H3. The molecule has 0 saturated heterocycles. The molecule has 0 fully saturated rings. The maximum absolute atomic E-state index is 12.9. The number of rotatable bonds is 1. The van der Waals surface area contributed by atoms with Gasteiger partial charge in [0.15, 0.2) is 0 Å². The molecule has 0 saturated carbocycles. The monoisotopic (exact) mass is 363 g/mol. The van der Waals surface area contributed by atoms with E-state index in [-0.39, 0.29) is 5.91 Å². The van der Waals surface area contributed by atoms with E-state index in [1.165, 1.54) is 5.56 Å². The van der Waals surface area contributed by atoms with Gasteiger partial charge in [-0.3, -0.25) is 4.79 Å². The minimum Gasteiger partial charge on any atom is -0.308 e. The zero-order chi connectivity index (χ0) is 15.0. The maximum Gasteiger partial charge on any atom is 0.258 e. The van der Waals surface area contributed by atoms with E-state index < -0.39 is 0 Å². The number of aryl methyl sites for hydroxylation is 2. The van der Waals surface area contributed by atoms with Crippen molar-refractivity contribution in [1.82, 2.24) is 0 Å². The van der Waals surface area contributed by atoms with Crippen molar-refractivity contribution in [3.63, 3.8) is 0 Å². The number of carbonyl (C=O) groups is 1. The number of anilines is 1. The summed E-state index contributed by atoms with van der Waals surface area (Å²) < 4.78 is 0.820. The summed E-state index contributed by atoms with van der Waals surface area (Å²) in [6.45, 7) is 2.80. The van der Waals surface area contributed by atoms with Gasteiger partial charge in [0.25, 0.3) is 5.91 Å². The largest absolute Gasteiger partial charge is 0.308 e. The lowest BCUT2D eigenvalue weighted by Gasteiger charge is -2.31. The molecule has 108 valence electrons. The van der Waals surface area contributed by atoms with Crippen molar-refractivity contribution < 1.29 is 4.79 Å². The molecule has 0 aromatic heterocycles. The predicted molar refractivity (Wildman–Crippen MR) is 90.3 cm³/mol. The highest BCUT2D eigenvalue weighted by atomic mass is 79.9. The van der Waals surface area contributed by atoms with Gasteiger partial charge in [0.1, 0.15) is 0 Å². The minimum absolute atomic E-state index is 0.00782. The number of hydrogen-bond acceptors (Lipinski definition) is 1. The zero-order valence-electron chi connectivity index (χ0n) is 11.7. The van der Waals surface area contributed by atoms with Crippen LogP contribution in [0.2, 0.25) is 5.02 Å². The summed E-state index contributed by atoms with van der Waals surface area (Å²) in [6, 6.07) is 11.5. The first-order valence-corrected chi connectivity index (χ1v) is 8.10. The Bertz CT molecular complexity index is 694. The van der Waals surface area contributed by atoms with Gasteiger partial charge in [-0.15, -0.1) is 0 Å². The van der Waals surface area contributed by atoms with E-state index in [1.54, 1.807) is 12.1 Å². The summed E-state index contributed by atoms with van der Waals surface area (Å²) in [4.78, 5) is 14.7. The zero-order valence-corrected chi connectivity index (χ0v) is 14.0. The number of halogens is 2. The van der Waals surface area contributed by atoms with Crippen LogP contribution < -0.4 is 4.90 Å². The van der Waals surface area contributed by atoms with E-state index in [2.05, 4.69) is 41.1 Å². The molecule has 4 heteroatoms. The Morgan fingerprint density at radius 3 is 2.86 bits per heavy atom. The van der Waals surface area contributed by atoms with Crippen LogP contribution in [-0.2, 0) is 6.42 Å². The van der Waals surface area contributed by atoms with Crippen LogP contribution in [0.3, 0.4) is 0 Å². The van der Waals surface area contributed by atoms with Crippen LogP contribution >= 0.6 is 27.5 Å². The number of amides is 1. The Morgan fingerprint density at radius 1 is 1.29 bits per heavy atom. The summed E-state index contributed by atoms with van der Waals surface area (Å²) >= 11 is 9.46. The number of fused-ring (bicyclic) bond motifs is 1. The van der Waals surface area contributed by atoms with E-state index in [0.29, 0.717) is 10.6 Å². The second kappa shape index (κ2) is 5.82. The van der Waals surface area contributed by atoms with Gasteiger partial charge in [-0.25, -0.2) is 0 Å². The van der Waals surface area contributed by atoms with Crippen LogP contribution in [0.4, 0.5) is 5.69 Å². The van der Waals surface area contributed by atoms with E-state index in [1.807, 2.05) is 11.0 Å². The van der Waals surface area contributed by atoms with Gasteiger partial charge in [0.05, 0.1) is 5.69 Å². The number of benzene rings is 2. The van der Waals surface area contributed by atoms with Crippen LogP contribution in [-0.4, -0.2) is 12.5 Å².